The molecule has 0 aromatic heterocycles. The fourth-order valence-electron chi connectivity index (χ4n) is 3.46. The zero-order valence-corrected chi connectivity index (χ0v) is 18.3. The topological polar surface area (TPSA) is 94.2 Å². The van der Waals surface area contributed by atoms with Crippen molar-refractivity contribution in [2.24, 2.45) is 0 Å². The first kappa shape index (κ1) is 23.1. The molecule has 8 nitrogen and oxygen atoms in total. The van der Waals surface area contributed by atoms with Gasteiger partial charge >= 0.3 is 6.16 Å². The number of ether oxygens (including phenoxy) is 3. The fraction of sp³-hybridized carbons (Fsp3) is 0.375. The molecular weight excluding hydrogens is 412 g/mol. The number of likely N-dealkylation sites (tertiary alicyclic amines) is 1. The molecular formula is C24H28N2O6. The molecule has 1 aliphatic rings. The van der Waals surface area contributed by atoms with Crippen molar-refractivity contribution < 1.29 is 28.6 Å². The van der Waals surface area contributed by atoms with E-state index in [0.29, 0.717) is 49.4 Å². The van der Waals surface area contributed by atoms with Crippen molar-refractivity contribution in [2.75, 3.05) is 26.3 Å². The lowest BCUT2D eigenvalue weighted by Gasteiger charge is -2.32. The molecule has 8 heteroatoms. The summed E-state index contributed by atoms with van der Waals surface area (Å²) in [7, 11) is 0. The minimum atomic E-state index is -0.781. The van der Waals surface area contributed by atoms with Crippen LogP contribution in [-0.2, 0) is 4.74 Å². The van der Waals surface area contributed by atoms with Crippen molar-refractivity contribution in [3.05, 3.63) is 59.7 Å². The highest BCUT2D eigenvalue weighted by Crippen LogP contribution is 2.18. The summed E-state index contributed by atoms with van der Waals surface area (Å²) >= 11 is 0. The SMILES string of the molecule is CCOC(=O)Oc1ccc(C(=O)NC2CCN(C(=O)c3ccc(OCC)cc3)CC2)cc1. The van der Waals surface area contributed by atoms with E-state index in [0.717, 1.165) is 5.75 Å². The molecule has 3 rings (SSSR count). The predicted octanol–water partition coefficient (Wildman–Crippen LogP) is 3.66. The molecule has 0 aliphatic carbocycles. The van der Waals surface area contributed by atoms with Crippen molar-refractivity contribution >= 4 is 18.0 Å². The Morgan fingerprint density at radius 3 is 2.06 bits per heavy atom. The number of hydrogen-bond donors (Lipinski definition) is 1. The molecule has 2 aromatic carbocycles. The van der Waals surface area contributed by atoms with Crippen molar-refractivity contribution in [1.82, 2.24) is 10.2 Å². The third-order valence-corrected chi connectivity index (χ3v) is 5.11. The van der Waals surface area contributed by atoms with Crippen LogP contribution in [0.4, 0.5) is 4.79 Å². The molecule has 2 amide bonds. The standard InChI is InChI=1S/C24H28N2O6/c1-3-30-20-9-7-18(8-10-20)23(28)26-15-13-19(14-16-26)25-22(27)17-5-11-21(12-6-17)32-24(29)31-4-2/h5-12,19H,3-4,13-16H2,1-2H3,(H,25,27). The Bertz CT molecular complexity index is 919. The van der Waals surface area contributed by atoms with Gasteiger partial charge in [-0.1, -0.05) is 0 Å². The lowest BCUT2D eigenvalue weighted by Crippen LogP contribution is -2.46. The van der Waals surface area contributed by atoms with Gasteiger partial charge in [-0.25, -0.2) is 4.79 Å². The largest absolute Gasteiger partial charge is 0.513 e. The quantitative estimate of drug-likeness (QED) is 0.522. The van der Waals surface area contributed by atoms with E-state index >= 15 is 0 Å². The van der Waals surface area contributed by atoms with Gasteiger partial charge in [0.25, 0.3) is 11.8 Å². The van der Waals surface area contributed by atoms with Crippen LogP contribution >= 0.6 is 0 Å². The Morgan fingerprint density at radius 1 is 0.875 bits per heavy atom. The average molecular weight is 440 g/mol. The summed E-state index contributed by atoms with van der Waals surface area (Å²) in [6.07, 6.45) is 0.577. The maximum Gasteiger partial charge on any atom is 0.513 e. The molecule has 0 saturated carbocycles. The summed E-state index contributed by atoms with van der Waals surface area (Å²) in [5, 5.41) is 3.01. The minimum absolute atomic E-state index is 0.0117. The molecule has 1 saturated heterocycles. The van der Waals surface area contributed by atoms with E-state index in [-0.39, 0.29) is 24.5 Å². The van der Waals surface area contributed by atoms with Gasteiger partial charge < -0.3 is 24.4 Å². The summed E-state index contributed by atoms with van der Waals surface area (Å²) in [4.78, 5) is 38.4. The zero-order valence-electron chi connectivity index (χ0n) is 18.3. The normalized spacial score (nSPS) is 13.9. The highest BCUT2D eigenvalue weighted by molar-refractivity contribution is 5.95. The van der Waals surface area contributed by atoms with Crippen LogP contribution in [0.2, 0.25) is 0 Å². The predicted molar refractivity (Wildman–Crippen MR) is 118 cm³/mol. The van der Waals surface area contributed by atoms with Crippen LogP contribution in [0.5, 0.6) is 11.5 Å². The van der Waals surface area contributed by atoms with E-state index in [2.05, 4.69) is 5.32 Å². The molecule has 0 radical (unpaired) electrons. The number of piperidine rings is 1. The summed E-state index contributed by atoms with van der Waals surface area (Å²) < 4.78 is 15.1. The Labute approximate surface area is 187 Å². The van der Waals surface area contributed by atoms with Crippen molar-refractivity contribution in [1.29, 1.82) is 0 Å². The Morgan fingerprint density at radius 2 is 1.47 bits per heavy atom. The van der Waals surface area contributed by atoms with Crippen molar-refractivity contribution in [3.8, 4) is 11.5 Å². The third kappa shape index (κ3) is 6.23. The number of nitrogens with one attached hydrogen (secondary N) is 1. The summed E-state index contributed by atoms with van der Waals surface area (Å²) in [6.45, 7) is 5.56. The summed E-state index contributed by atoms with van der Waals surface area (Å²) in [5.74, 6) is 0.825. The monoisotopic (exact) mass is 440 g/mol. The molecule has 1 fully saturated rings. The fourth-order valence-corrected chi connectivity index (χ4v) is 3.46. The molecule has 1 N–H and O–H groups in total. The van der Waals surface area contributed by atoms with Crippen LogP contribution in [0.1, 0.15) is 47.4 Å². The second-order valence-electron chi connectivity index (χ2n) is 7.31. The summed E-state index contributed by atoms with van der Waals surface area (Å²) in [6, 6.07) is 13.4. The van der Waals surface area contributed by atoms with Gasteiger partial charge in [-0.2, -0.15) is 0 Å². The zero-order chi connectivity index (χ0) is 22.9. The van der Waals surface area contributed by atoms with Crippen molar-refractivity contribution in [3.63, 3.8) is 0 Å². The van der Waals surface area contributed by atoms with E-state index in [1.165, 1.54) is 0 Å². The van der Waals surface area contributed by atoms with Crippen LogP contribution in [-0.4, -0.2) is 55.2 Å². The van der Waals surface area contributed by atoms with Gasteiger partial charge in [-0.05, 0) is 75.2 Å². The van der Waals surface area contributed by atoms with Gasteiger partial charge in [0.15, 0.2) is 0 Å². The van der Waals surface area contributed by atoms with Gasteiger partial charge in [-0.3, -0.25) is 9.59 Å². The van der Waals surface area contributed by atoms with Crippen LogP contribution in [0.15, 0.2) is 48.5 Å². The Balaban J connectivity index is 1.47. The first-order chi connectivity index (χ1) is 15.5. The van der Waals surface area contributed by atoms with Gasteiger partial charge in [0.05, 0.1) is 13.2 Å². The molecule has 0 bridgehead atoms. The van der Waals surface area contributed by atoms with Gasteiger partial charge in [0.1, 0.15) is 11.5 Å². The highest BCUT2D eigenvalue weighted by Gasteiger charge is 2.25. The van der Waals surface area contributed by atoms with Gasteiger partial charge in [0, 0.05) is 30.3 Å². The molecule has 32 heavy (non-hydrogen) atoms. The van der Waals surface area contributed by atoms with Gasteiger partial charge in [-0.15, -0.1) is 0 Å². The molecule has 0 spiro atoms. The number of carbonyl (C=O) groups excluding carboxylic acids is 3. The Hall–Kier alpha value is -3.55. The Kier molecular flexibility index (Phi) is 8.08. The first-order valence-electron chi connectivity index (χ1n) is 10.8. The molecule has 170 valence electrons. The third-order valence-electron chi connectivity index (χ3n) is 5.11. The maximum atomic E-state index is 12.7. The van der Waals surface area contributed by atoms with E-state index in [1.54, 1.807) is 60.4 Å². The number of carbonyl (C=O) groups is 3. The molecule has 0 unspecified atom stereocenters. The van der Waals surface area contributed by atoms with E-state index in [9.17, 15) is 14.4 Å². The number of nitrogens with zero attached hydrogens (tertiary/aromatic N) is 1. The second-order valence-corrected chi connectivity index (χ2v) is 7.31. The lowest BCUT2D eigenvalue weighted by molar-refractivity contribution is 0.0698. The number of amides is 2. The number of benzene rings is 2. The van der Waals surface area contributed by atoms with E-state index in [1.807, 2.05) is 6.92 Å². The average Bonchev–Trinajstić information content (AvgIpc) is 2.80. The van der Waals surface area contributed by atoms with E-state index < -0.39 is 6.16 Å². The summed E-state index contributed by atoms with van der Waals surface area (Å²) in [5.41, 5.74) is 1.09. The lowest BCUT2D eigenvalue weighted by atomic mass is 10.0. The van der Waals surface area contributed by atoms with Crippen LogP contribution < -0.4 is 14.8 Å². The van der Waals surface area contributed by atoms with Crippen LogP contribution in [0, 0.1) is 0 Å². The molecule has 1 aliphatic heterocycles. The second kappa shape index (κ2) is 11.2. The number of hydrogen-bond acceptors (Lipinski definition) is 6. The maximum absolute atomic E-state index is 12.7. The molecule has 1 heterocycles. The van der Waals surface area contributed by atoms with Crippen LogP contribution in [0.25, 0.3) is 0 Å². The first-order valence-corrected chi connectivity index (χ1v) is 10.8. The highest BCUT2D eigenvalue weighted by atomic mass is 16.7. The molecule has 2 aromatic rings. The molecule has 0 atom stereocenters. The number of rotatable bonds is 7. The van der Waals surface area contributed by atoms with E-state index in [4.69, 9.17) is 14.2 Å². The van der Waals surface area contributed by atoms with Crippen LogP contribution in [0.3, 0.4) is 0 Å². The smallest absolute Gasteiger partial charge is 0.494 e. The minimum Gasteiger partial charge on any atom is -0.494 e. The van der Waals surface area contributed by atoms with Gasteiger partial charge in [0.2, 0.25) is 0 Å². The van der Waals surface area contributed by atoms with Crippen molar-refractivity contribution in [2.45, 2.75) is 32.7 Å².